The summed E-state index contributed by atoms with van der Waals surface area (Å²) in [5, 5.41) is 7.75. The Morgan fingerprint density at radius 2 is 1.17 bits per heavy atom. The molecule has 4 heteroatoms. The van der Waals surface area contributed by atoms with E-state index in [1.165, 1.54) is 50.3 Å². The summed E-state index contributed by atoms with van der Waals surface area (Å²) < 4.78 is 0. The number of benzene rings is 6. The van der Waals surface area contributed by atoms with Crippen molar-refractivity contribution in [2.45, 2.75) is 17.6 Å². The normalized spacial score (nSPS) is 19.2. The fourth-order valence-corrected chi connectivity index (χ4v) is 8.28. The van der Waals surface area contributed by atoms with Crippen LogP contribution in [0.5, 0.6) is 0 Å². The highest BCUT2D eigenvalue weighted by Crippen LogP contribution is 2.64. The number of nitrogens with one attached hydrogen (secondary N) is 2. The van der Waals surface area contributed by atoms with Gasteiger partial charge in [0, 0.05) is 11.3 Å². The van der Waals surface area contributed by atoms with Gasteiger partial charge in [-0.2, -0.15) is 0 Å². The second kappa shape index (κ2) is 9.56. The number of hydrogen-bond donors (Lipinski definition) is 2. The van der Waals surface area contributed by atoms with Crippen LogP contribution in [0.15, 0.2) is 168 Å². The van der Waals surface area contributed by atoms with Gasteiger partial charge in [0.15, 0.2) is 0 Å². The van der Waals surface area contributed by atoms with Gasteiger partial charge in [-0.15, -0.1) is 0 Å². The molecule has 6 aromatic rings. The largest absolute Gasteiger partial charge is 0.358 e. The van der Waals surface area contributed by atoms with Crippen LogP contribution in [0, 0.1) is 0 Å². The molecule has 0 saturated heterocycles. The second-order valence-corrected chi connectivity index (χ2v) is 12.4. The molecule has 218 valence electrons. The summed E-state index contributed by atoms with van der Waals surface area (Å²) in [7, 11) is 0. The van der Waals surface area contributed by atoms with Crippen molar-refractivity contribution in [3.8, 4) is 11.1 Å². The second-order valence-electron chi connectivity index (χ2n) is 12.4. The predicted octanol–water partition coefficient (Wildman–Crippen LogP) is 8.93. The van der Waals surface area contributed by atoms with E-state index in [0.29, 0.717) is 0 Å². The van der Waals surface area contributed by atoms with Crippen molar-refractivity contribution in [3.05, 3.63) is 197 Å². The molecule has 0 fully saturated rings. The number of fused-ring (bicyclic) bond motifs is 9. The molecule has 10 rings (SSSR count). The van der Waals surface area contributed by atoms with Crippen molar-refractivity contribution in [3.63, 3.8) is 0 Å². The topological polar surface area (TPSA) is 39.7 Å². The zero-order valence-corrected chi connectivity index (χ0v) is 25.1. The molecule has 2 unspecified atom stereocenters. The summed E-state index contributed by atoms with van der Waals surface area (Å²) in [4.78, 5) is 7.73. The Morgan fingerprint density at radius 1 is 0.565 bits per heavy atom. The molecule has 2 atom stereocenters. The number of nitrogens with zero attached hydrogens (tertiary/aromatic N) is 2. The maximum absolute atomic E-state index is 5.21. The maximum Gasteiger partial charge on any atom is 0.145 e. The summed E-state index contributed by atoms with van der Waals surface area (Å²) in [6, 6.07) is 54.7. The van der Waals surface area contributed by atoms with Crippen LogP contribution in [-0.4, -0.2) is 12.0 Å². The number of rotatable bonds is 3. The Morgan fingerprint density at radius 3 is 1.91 bits per heavy atom. The van der Waals surface area contributed by atoms with Crippen molar-refractivity contribution in [1.82, 2.24) is 5.32 Å². The molecular formula is C42H30N4. The average molecular weight is 591 g/mol. The van der Waals surface area contributed by atoms with E-state index in [9.17, 15) is 0 Å². The minimum atomic E-state index is -0.417. The van der Waals surface area contributed by atoms with E-state index in [4.69, 9.17) is 4.99 Å². The van der Waals surface area contributed by atoms with Crippen LogP contribution in [0.25, 0.3) is 11.1 Å². The molecule has 6 aromatic carbocycles. The number of aliphatic imine (C=N–C) groups is 1. The summed E-state index contributed by atoms with van der Waals surface area (Å²) >= 11 is 0. The molecule has 2 N–H and O–H groups in total. The lowest BCUT2D eigenvalue weighted by molar-refractivity contribution is 0.710. The van der Waals surface area contributed by atoms with Gasteiger partial charge in [-0.1, -0.05) is 140 Å². The summed E-state index contributed by atoms with van der Waals surface area (Å²) in [5.74, 6) is 0.880. The quantitative estimate of drug-likeness (QED) is 0.216. The van der Waals surface area contributed by atoms with Gasteiger partial charge in [0.25, 0.3) is 0 Å². The van der Waals surface area contributed by atoms with Crippen molar-refractivity contribution in [1.29, 1.82) is 0 Å². The molecular weight excluding hydrogens is 560 g/mol. The van der Waals surface area contributed by atoms with Gasteiger partial charge in [-0.3, -0.25) is 4.99 Å². The minimum Gasteiger partial charge on any atom is -0.358 e. The van der Waals surface area contributed by atoms with Crippen molar-refractivity contribution >= 4 is 22.9 Å². The van der Waals surface area contributed by atoms with E-state index in [2.05, 4.69) is 173 Å². The van der Waals surface area contributed by atoms with Crippen molar-refractivity contribution in [2.75, 3.05) is 10.2 Å². The van der Waals surface area contributed by atoms with Gasteiger partial charge in [-0.25, -0.2) is 0 Å². The monoisotopic (exact) mass is 590 g/mol. The highest BCUT2D eigenvalue weighted by molar-refractivity contribution is 6.02. The van der Waals surface area contributed by atoms with Gasteiger partial charge >= 0.3 is 0 Å². The van der Waals surface area contributed by atoms with Gasteiger partial charge in [0.1, 0.15) is 12.0 Å². The minimum absolute atomic E-state index is 0.113. The Labute approximate surface area is 268 Å². The third-order valence-corrected chi connectivity index (χ3v) is 10.1. The zero-order chi connectivity index (χ0) is 30.2. The van der Waals surface area contributed by atoms with Crippen molar-refractivity contribution in [2.24, 2.45) is 4.99 Å². The van der Waals surface area contributed by atoms with E-state index >= 15 is 0 Å². The summed E-state index contributed by atoms with van der Waals surface area (Å²) in [6.45, 7) is 0. The molecule has 1 aliphatic carbocycles. The van der Waals surface area contributed by atoms with E-state index in [1.807, 2.05) is 0 Å². The summed E-state index contributed by atoms with van der Waals surface area (Å²) in [5.41, 5.74) is 14.4. The molecule has 0 saturated carbocycles. The van der Waals surface area contributed by atoms with E-state index in [0.717, 1.165) is 22.8 Å². The zero-order valence-electron chi connectivity index (χ0n) is 25.1. The van der Waals surface area contributed by atoms with Gasteiger partial charge in [0.05, 0.1) is 28.5 Å². The van der Waals surface area contributed by atoms with Crippen LogP contribution in [0.1, 0.15) is 39.4 Å². The van der Waals surface area contributed by atoms with Gasteiger partial charge in [-0.05, 0) is 57.2 Å². The molecule has 1 spiro atoms. The molecule has 0 aromatic heterocycles. The molecule has 0 radical (unpaired) electrons. The number of anilines is 3. The average Bonchev–Trinajstić information content (AvgIpc) is 3.67. The van der Waals surface area contributed by atoms with Crippen LogP contribution in [0.3, 0.4) is 0 Å². The molecule has 46 heavy (non-hydrogen) atoms. The van der Waals surface area contributed by atoms with Gasteiger partial charge in [0.2, 0.25) is 0 Å². The number of para-hydroxylation sites is 2. The predicted molar refractivity (Wildman–Crippen MR) is 187 cm³/mol. The molecule has 3 heterocycles. The molecule has 0 amide bonds. The van der Waals surface area contributed by atoms with Crippen LogP contribution in [-0.2, 0) is 5.41 Å². The first-order valence-corrected chi connectivity index (χ1v) is 16.0. The lowest BCUT2D eigenvalue weighted by atomic mass is 9.64. The van der Waals surface area contributed by atoms with Crippen LogP contribution < -0.4 is 15.5 Å². The highest BCUT2D eigenvalue weighted by Gasteiger charge is 2.54. The molecule has 0 bridgehead atoms. The lowest BCUT2D eigenvalue weighted by Gasteiger charge is -2.45. The number of amidine groups is 1. The van der Waals surface area contributed by atoms with Crippen molar-refractivity contribution < 1.29 is 0 Å². The number of hydrogen-bond acceptors (Lipinski definition) is 4. The van der Waals surface area contributed by atoms with E-state index in [1.54, 1.807) is 0 Å². The fourth-order valence-electron chi connectivity index (χ4n) is 8.28. The van der Waals surface area contributed by atoms with E-state index in [-0.39, 0.29) is 12.2 Å². The smallest absolute Gasteiger partial charge is 0.145 e. The van der Waals surface area contributed by atoms with Crippen LogP contribution >= 0.6 is 0 Å². The first-order chi connectivity index (χ1) is 22.8. The van der Waals surface area contributed by atoms with Gasteiger partial charge < -0.3 is 15.5 Å². The summed E-state index contributed by atoms with van der Waals surface area (Å²) in [6.07, 6.45) is 2.14. The Hall–Kier alpha value is -5.87. The third kappa shape index (κ3) is 3.36. The molecule has 3 aliphatic heterocycles. The third-order valence-electron chi connectivity index (χ3n) is 10.1. The van der Waals surface area contributed by atoms with Crippen LogP contribution in [0.4, 0.5) is 17.1 Å². The first-order valence-electron chi connectivity index (χ1n) is 16.0. The lowest BCUT2D eigenvalue weighted by Crippen LogP contribution is -2.46. The van der Waals surface area contributed by atoms with Crippen LogP contribution in [0.2, 0.25) is 0 Å². The molecule has 4 aliphatic rings. The first kappa shape index (κ1) is 25.5. The Balaban J connectivity index is 1.19. The SMILES string of the molecule is C1=C(C2Nc3cccc4c3N2c2ccccc2C42c3ccccc3-c3ccccc32)NC(c2ccccc2)=NC1c1ccccc1. The van der Waals surface area contributed by atoms with E-state index < -0.39 is 5.41 Å². The standard InChI is InChI=1S/C42H30N4/c1-3-14-27(15-4-1)36-26-37(44-40(43-36)28-16-5-2-6-17-28)41-45-35-24-13-23-34-39(35)46(41)38-25-12-11-22-33(38)42(34)31-20-9-7-18-29(31)30-19-8-10-21-32(30)42/h1-26,36,41,45H,(H,43,44). The Bertz CT molecular complexity index is 2190. The Kier molecular flexibility index (Phi) is 5.29. The highest BCUT2D eigenvalue weighted by atomic mass is 15.4. The fraction of sp³-hybridized carbons (Fsp3) is 0.0714. The maximum atomic E-state index is 5.21. The molecule has 4 nitrogen and oxygen atoms in total.